The van der Waals surface area contributed by atoms with E-state index in [4.69, 9.17) is 0 Å². The van der Waals surface area contributed by atoms with E-state index in [0.717, 1.165) is 24.0 Å². The number of benzene rings is 2. The lowest BCUT2D eigenvalue weighted by molar-refractivity contribution is 0.191. The van der Waals surface area contributed by atoms with E-state index in [9.17, 15) is 13.5 Å². The molecule has 0 bridgehead atoms. The van der Waals surface area contributed by atoms with Crippen LogP contribution in [0, 0.1) is 0 Å². The second kappa shape index (κ2) is 8.91. The molecule has 2 heterocycles. The minimum Gasteiger partial charge on any atom is -0.387 e. The summed E-state index contributed by atoms with van der Waals surface area (Å²) in [5.41, 5.74) is 2.30. The molecule has 3 aromatic rings. The Morgan fingerprint density at radius 2 is 1.70 bits per heavy atom. The maximum atomic E-state index is 12.7. The first-order valence-electron chi connectivity index (χ1n) is 9.93. The lowest BCUT2D eigenvalue weighted by Gasteiger charge is -2.15. The average Bonchev–Trinajstić information content (AvgIpc) is 3.34. The maximum Gasteiger partial charge on any atom is 0.243 e. The van der Waals surface area contributed by atoms with Crippen molar-refractivity contribution in [3.05, 3.63) is 72.6 Å². The van der Waals surface area contributed by atoms with Crippen LogP contribution in [0.15, 0.2) is 71.9 Å². The van der Waals surface area contributed by atoms with Crippen molar-refractivity contribution in [2.75, 3.05) is 25.0 Å². The standard InChI is InChI=1S/C22H24N4O3S/c27-21(18-6-2-1-3-7-18)15-23-22-14-20(24-16-25-22)17-8-10-19(11-9-17)30(28,29)26-12-4-5-13-26/h1-3,6-11,14,16,21,27H,4-5,12-13,15H2,(H,23,24,25). The van der Waals surface area contributed by atoms with Crippen molar-refractivity contribution >= 4 is 15.8 Å². The number of nitrogens with one attached hydrogen (secondary N) is 1. The third-order valence-electron chi connectivity index (χ3n) is 5.18. The van der Waals surface area contributed by atoms with Crippen LogP contribution in [0.25, 0.3) is 11.3 Å². The number of hydrogen-bond donors (Lipinski definition) is 2. The molecule has 0 saturated carbocycles. The molecule has 1 aliphatic heterocycles. The van der Waals surface area contributed by atoms with Crippen LogP contribution in [0.2, 0.25) is 0 Å². The Hall–Kier alpha value is -2.81. The third-order valence-corrected chi connectivity index (χ3v) is 7.09. The third kappa shape index (κ3) is 4.51. The van der Waals surface area contributed by atoms with Crippen LogP contribution in [0.1, 0.15) is 24.5 Å². The smallest absolute Gasteiger partial charge is 0.243 e. The van der Waals surface area contributed by atoms with Gasteiger partial charge in [0.25, 0.3) is 0 Å². The largest absolute Gasteiger partial charge is 0.387 e. The summed E-state index contributed by atoms with van der Waals surface area (Å²) in [7, 11) is -3.43. The molecule has 1 saturated heterocycles. The van der Waals surface area contributed by atoms with Gasteiger partial charge in [-0.15, -0.1) is 0 Å². The van der Waals surface area contributed by atoms with Crippen molar-refractivity contribution in [2.24, 2.45) is 0 Å². The van der Waals surface area contributed by atoms with E-state index in [2.05, 4.69) is 15.3 Å². The molecule has 0 radical (unpaired) electrons. The van der Waals surface area contributed by atoms with Crippen molar-refractivity contribution in [2.45, 2.75) is 23.8 Å². The van der Waals surface area contributed by atoms with Gasteiger partial charge in [-0.25, -0.2) is 18.4 Å². The molecular weight excluding hydrogens is 400 g/mol. The van der Waals surface area contributed by atoms with Crippen LogP contribution in [-0.2, 0) is 10.0 Å². The number of sulfonamides is 1. The van der Waals surface area contributed by atoms with Gasteiger partial charge in [-0.2, -0.15) is 4.31 Å². The Kier molecular flexibility index (Phi) is 6.08. The quantitative estimate of drug-likeness (QED) is 0.605. The van der Waals surface area contributed by atoms with Crippen molar-refractivity contribution in [3.63, 3.8) is 0 Å². The van der Waals surface area contributed by atoms with Crippen molar-refractivity contribution in [3.8, 4) is 11.3 Å². The van der Waals surface area contributed by atoms with Gasteiger partial charge in [-0.05, 0) is 30.5 Å². The van der Waals surface area contributed by atoms with Gasteiger partial charge in [0.1, 0.15) is 12.1 Å². The molecule has 1 atom stereocenters. The molecule has 2 N–H and O–H groups in total. The predicted molar refractivity (Wildman–Crippen MR) is 115 cm³/mol. The number of aliphatic hydroxyl groups excluding tert-OH is 1. The fraction of sp³-hybridized carbons (Fsp3) is 0.273. The number of rotatable bonds is 7. The van der Waals surface area contributed by atoms with E-state index >= 15 is 0 Å². The summed E-state index contributed by atoms with van der Waals surface area (Å²) in [5.74, 6) is 0.587. The van der Waals surface area contributed by atoms with Gasteiger partial charge >= 0.3 is 0 Å². The number of aliphatic hydroxyl groups is 1. The Bertz CT molecular complexity index is 1080. The zero-order valence-electron chi connectivity index (χ0n) is 16.5. The number of aromatic nitrogens is 2. The van der Waals surface area contributed by atoms with Gasteiger partial charge in [0, 0.05) is 31.3 Å². The summed E-state index contributed by atoms with van der Waals surface area (Å²) in [6, 6.07) is 18.0. The highest BCUT2D eigenvalue weighted by atomic mass is 32.2. The van der Waals surface area contributed by atoms with Crippen molar-refractivity contribution in [1.29, 1.82) is 0 Å². The van der Waals surface area contributed by atoms with Gasteiger partial charge in [-0.3, -0.25) is 0 Å². The Labute approximate surface area is 176 Å². The zero-order valence-corrected chi connectivity index (χ0v) is 17.3. The van der Waals surface area contributed by atoms with Crippen molar-refractivity contribution in [1.82, 2.24) is 14.3 Å². The van der Waals surface area contributed by atoms with Gasteiger partial charge in [-0.1, -0.05) is 42.5 Å². The molecule has 4 rings (SSSR count). The molecule has 0 spiro atoms. The van der Waals surface area contributed by atoms with E-state index in [-0.39, 0.29) is 0 Å². The molecule has 1 unspecified atom stereocenters. The molecule has 0 aliphatic carbocycles. The van der Waals surface area contributed by atoms with Gasteiger partial charge in [0.15, 0.2) is 0 Å². The first-order chi connectivity index (χ1) is 14.5. The second-order valence-electron chi connectivity index (χ2n) is 7.23. The first kappa shape index (κ1) is 20.5. The van der Waals surface area contributed by atoms with Gasteiger partial charge in [0.05, 0.1) is 16.7 Å². The zero-order chi connectivity index (χ0) is 21.0. The van der Waals surface area contributed by atoms with Crippen LogP contribution >= 0.6 is 0 Å². The van der Waals surface area contributed by atoms with Crippen LogP contribution in [0.5, 0.6) is 0 Å². The predicted octanol–water partition coefficient (Wildman–Crippen LogP) is 3.07. The maximum absolute atomic E-state index is 12.7. The van der Waals surface area contributed by atoms with Gasteiger partial charge < -0.3 is 10.4 Å². The molecule has 156 valence electrons. The average molecular weight is 425 g/mol. The molecule has 1 fully saturated rings. The summed E-state index contributed by atoms with van der Waals surface area (Å²) >= 11 is 0. The fourth-order valence-corrected chi connectivity index (χ4v) is 5.00. The van der Waals surface area contributed by atoms with E-state index in [1.807, 2.05) is 30.3 Å². The van der Waals surface area contributed by atoms with E-state index in [0.29, 0.717) is 36.0 Å². The highest BCUT2D eigenvalue weighted by molar-refractivity contribution is 7.89. The highest BCUT2D eigenvalue weighted by Gasteiger charge is 2.26. The minimum absolute atomic E-state index is 0.298. The first-order valence-corrected chi connectivity index (χ1v) is 11.4. The molecule has 1 aliphatic rings. The lowest BCUT2D eigenvalue weighted by atomic mass is 10.1. The van der Waals surface area contributed by atoms with E-state index in [1.54, 1.807) is 30.3 Å². The summed E-state index contributed by atoms with van der Waals surface area (Å²) < 4.78 is 26.9. The summed E-state index contributed by atoms with van der Waals surface area (Å²) in [6.07, 6.45) is 2.61. The normalized spacial score (nSPS) is 15.8. The van der Waals surface area contributed by atoms with Crippen LogP contribution < -0.4 is 5.32 Å². The Morgan fingerprint density at radius 3 is 2.40 bits per heavy atom. The van der Waals surface area contributed by atoms with Crippen LogP contribution in [0.4, 0.5) is 5.82 Å². The molecule has 30 heavy (non-hydrogen) atoms. The molecule has 8 heteroatoms. The topological polar surface area (TPSA) is 95.4 Å². The molecule has 1 aromatic heterocycles. The molecule has 0 amide bonds. The van der Waals surface area contributed by atoms with Crippen LogP contribution in [0.3, 0.4) is 0 Å². The highest BCUT2D eigenvalue weighted by Crippen LogP contribution is 2.25. The molecular formula is C22H24N4O3S. The number of hydrogen-bond acceptors (Lipinski definition) is 6. The second-order valence-corrected chi connectivity index (χ2v) is 9.17. The summed E-state index contributed by atoms with van der Waals surface area (Å²) in [4.78, 5) is 8.79. The van der Waals surface area contributed by atoms with Gasteiger partial charge in [0.2, 0.25) is 10.0 Å². The monoisotopic (exact) mass is 424 g/mol. The summed E-state index contributed by atoms with van der Waals surface area (Å²) in [5, 5.41) is 13.4. The van der Waals surface area contributed by atoms with E-state index < -0.39 is 16.1 Å². The Morgan fingerprint density at radius 1 is 1.00 bits per heavy atom. The van der Waals surface area contributed by atoms with Crippen molar-refractivity contribution < 1.29 is 13.5 Å². The van der Waals surface area contributed by atoms with E-state index in [1.165, 1.54) is 10.6 Å². The lowest BCUT2D eigenvalue weighted by Crippen LogP contribution is -2.27. The summed E-state index contributed by atoms with van der Waals surface area (Å²) in [6.45, 7) is 1.48. The molecule has 2 aromatic carbocycles. The fourth-order valence-electron chi connectivity index (χ4n) is 3.48. The number of anilines is 1. The Balaban J connectivity index is 1.46. The number of nitrogens with zero attached hydrogens (tertiary/aromatic N) is 3. The van der Waals surface area contributed by atoms with Crippen LogP contribution in [-0.4, -0.2) is 47.4 Å². The SMILES string of the molecule is O=S(=O)(c1ccc(-c2cc(NCC(O)c3ccccc3)ncn2)cc1)N1CCCC1. The molecule has 7 nitrogen and oxygen atoms in total. The minimum atomic E-state index is -3.43.